The molecule has 0 radical (unpaired) electrons. The zero-order valence-electron chi connectivity index (χ0n) is 10.9. The fraction of sp³-hybridized carbons (Fsp3) is 0.583. The van der Waals surface area contributed by atoms with E-state index in [1.165, 1.54) is 6.20 Å². The summed E-state index contributed by atoms with van der Waals surface area (Å²) < 4.78 is 10.7. The molecule has 1 aliphatic heterocycles. The Morgan fingerprint density at radius 1 is 1.65 bits per heavy atom. The Bertz CT molecular complexity index is 484. The van der Waals surface area contributed by atoms with Gasteiger partial charge in [-0.1, -0.05) is 0 Å². The first-order valence-corrected chi connectivity index (χ1v) is 6.36. The van der Waals surface area contributed by atoms with Crippen LogP contribution in [0.25, 0.3) is 0 Å². The van der Waals surface area contributed by atoms with Crippen molar-refractivity contribution in [2.24, 2.45) is 0 Å². The number of amides is 1. The first-order valence-electron chi connectivity index (χ1n) is 6.36. The molecular formula is C12H17N3O5. The van der Waals surface area contributed by atoms with Crippen molar-refractivity contribution >= 4 is 5.91 Å². The summed E-state index contributed by atoms with van der Waals surface area (Å²) in [6.45, 7) is 1.00. The van der Waals surface area contributed by atoms with Crippen molar-refractivity contribution in [3.05, 3.63) is 28.4 Å². The fourth-order valence-electron chi connectivity index (χ4n) is 1.95. The van der Waals surface area contributed by atoms with Gasteiger partial charge in [-0.05, 0) is 6.42 Å². The number of aliphatic hydroxyl groups excluding tert-OH is 1. The number of carbonyl (C=O) groups excluding carboxylic acids is 1. The Labute approximate surface area is 115 Å². The highest BCUT2D eigenvalue weighted by atomic mass is 16.5. The van der Waals surface area contributed by atoms with E-state index in [1.807, 2.05) is 0 Å². The lowest BCUT2D eigenvalue weighted by atomic mass is 10.1. The van der Waals surface area contributed by atoms with Gasteiger partial charge in [0.25, 0.3) is 11.5 Å². The molecule has 1 amide bonds. The number of aromatic amines is 1. The van der Waals surface area contributed by atoms with Crippen molar-refractivity contribution in [2.45, 2.75) is 18.6 Å². The van der Waals surface area contributed by atoms with Gasteiger partial charge in [0, 0.05) is 12.8 Å². The van der Waals surface area contributed by atoms with E-state index in [-0.39, 0.29) is 42.5 Å². The number of nitrogens with one attached hydrogen (secondary N) is 2. The third-order valence-electron chi connectivity index (χ3n) is 2.95. The van der Waals surface area contributed by atoms with Gasteiger partial charge >= 0.3 is 0 Å². The molecule has 0 bridgehead atoms. The van der Waals surface area contributed by atoms with Crippen molar-refractivity contribution in [2.75, 3.05) is 26.4 Å². The summed E-state index contributed by atoms with van der Waals surface area (Å²) in [5, 5.41) is 11.6. The monoisotopic (exact) mass is 283 g/mol. The SMILES string of the molecule is O=C(N[C@@H]1CCOC[C@H]1OCCO)c1c[nH]c(=O)cn1. The second-order valence-electron chi connectivity index (χ2n) is 4.37. The van der Waals surface area contributed by atoms with Crippen LogP contribution in [0.4, 0.5) is 0 Å². The van der Waals surface area contributed by atoms with E-state index in [1.54, 1.807) is 0 Å². The molecule has 2 atom stereocenters. The molecule has 1 fully saturated rings. The van der Waals surface area contributed by atoms with E-state index in [0.717, 1.165) is 6.20 Å². The van der Waals surface area contributed by atoms with Crippen LogP contribution in [0.1, 0.15) is 16.9 Å². The lowest BCUT2D eigenvalue weighted by Crippen LogP contribution is -2.50. The molecule has 0 aliphatic carbocycles. The summed E-state index contributed by atoms with van der Waals surface area (Å²) in [6.07, 6.45) is 2.63. The third kappa shape index (κ3) is 3.86. The topological polar surface area (TPSA) is 114 Å². The second-order valence-corrected chi connectivity index (χ2v) is 4.37. The molecule has 110 valence electrons. The van der Waals surface area contributed by atoms with Crippen LogP contribution in [0.3, 0.4) is 0 Å². The molecule has 0 saturated carbocycles. The van der Waals surface area contributed by atoms with E-state index < -0.39 is 0 Å². The summed E-state index contributed by atoms with van der Waals surface area (Å²) in [4.78, 5) is 29.1. The summed E-state index contributed by atoms with van der Waals surface area (Å²) in [7, 11) is 0. The van der Waals surface area contributed by atoms with Crippen LogP contribution in [0, 0.1) is 0 Å². The first kappa shape index (κ1) is 14.6. The van der Waals surface area contributed by atoms with E-state index in [2.05, 4.69) is 15.3 Å². The first-order chi connectivity index (χ1) is 9.70. The van der Waals surface area contributed by atoms with Crippen molar-refractivity contribution in [1.29, 1.82) is 0 Å². The lowest BCUT2D eigenvalue weighted by molar-refractivity contribution is -0.0737. The normalized spacial score (nSPS) is 22.4. The highest BCUT2D eigenvalue weighted by molar-refractivity contribution is 5.92. The number of hydrogen-bond donors (Lipinski definition) is 3. The average molecular weight is 283 g/mol. The Kier molecular flexibility index (Phi) is 5.22. The van der Waals surface area contributed by atoms with E-state index in [4.69, 9.17) is 14.6 Å². The zero-order valence-corrected chi connectivity index (χ0v) is 10.9. The molecular weight excluding hydrogens is 266 g/mol. The minimum absolute atomic E-state index is 0.0847. The predicted molar refractivity (Wildman–Crippen MR) is 68.4 cm³/mol. The number of ether oxygens (including phenoxy) is 2. The van der Waals surface area contributed by atoms with Crippen LogP contribution >= 0.6 is 0 Å². The lowest BCUT2D eigenvalue weighted by Gasteiger charge is -2.31. The molecule has 8 heteroatoms. The molecule has 3 N–H and O–H groups in total. The van der Waals surface area contributed by atoms with Crippen LogP contribution in [-0.4, -0.2) is 59.6 Å². The quantitative estimate of drug-likeness (QED) is 0.617. The molecule has 20 heavy (non-hydrogen) atoms. The van der Waals surface area contributed by atoms with Gasteiger partial charge in [-0.15, -0.1) is 0 Å². The average Bonchev–Trinajstić information content (AvgIpc) is 2.47. The summed E-state index contributed by atoms with van der Waals surface area (Å²) in [6, 6.07) is -0.212. The minimum atomic E-state index is -0.384. The second kappa shape index (κ2) is 7.13. The summed E-state index contributed by atoms with van der Waals surface area (Å²) in [5.74, 6) is -0.384. The molecule has 0 aromatic carbocycles. The van der Waals surface area contributed by atoms with Gasteiger partial charge in [-0.25, -0.2) is 4.98 Å². The van der Waals surface area contributed by atoms with Gasteiger partial charge in [0.1, 0.15) is 11.8 Å². The van der Waals surface area contributed by atoms with E-state index in [9.17, 15) is 9.59 Å². The number of carbonyl (C=O) groups is 1. The maximum absolute atomic E-state index is 12.0. The van der Waals surface area contributed by atoms with Crippen LogP contribution in [-0.2, 0) is 9.47 Å². The largest absolute Gasteiger partial charge is 0.394 e. The number of rotatable bonds is 5. The van der Waals surface area contributed by atoms with Gasteiger partial charge in [0.2, 0.25) is 0 Å². The number of nitrogens with zero attached hydrogens (tertiary/aromatic N) is 1. The molecule has 1 aromatic rings. The molecule has 1 saturated heterocycles. The Hall–Kier alpha value is -1.77. The summed E-state index contributed by atoms with van der Waals surface area (Å²) in [5.41, 5.74) is -0.228. The number of H-pyrrole nitrogens is 1. The number of hydrogen-bond acceptors (Lipinski definition) is 6. The van der Waals surface area contributed by atoms with Crippen molar-refractivity contribution in [3.63, 3.8) is 0 Å². The molecule has 0 spiro atoms. The van der Waals surface area contributed by atoms with E-state index >= 15 is 0 Å². The minimum Gasteiger partial charge on any atom is -0.394 e. The van der Waals surface area contributed by atoms with Crippen LogP contribution in [0.2, 0.25) is 0 Å². The van der Waals surface area contributed by atoms with Crippen molar-refractivity contribution in [1.82, 2.24) is 15.3 Å². The molecule has 8 nitrogen and oxygen atoms in total. The predicted octanol–water partition coefficient (Wildman–Crippen LogP) is -1.33. The number of aromatic nitrogens is 2. The molecule has 2 heterocycles. The standard InChI is InChI=1S/C12H17N3O5/c16-2-4-20-10-7-19-3-1-8(10)15-12(18)9-5-14-11(17)6-13-9/h5-6,8,10,16H,1-4,7H2,(H,14,17)(H,15,18)/t8-,10-/m1/s1. The van der Waals surface area contributed by atoms with Crippen molar-refractivity contribution in [3.8, 4) is 0 Å². The molecule has 1 aromatic heterocycles. The van der Waals surface area contributed by atoms with Crippen LogP contribution in [0.5, 0.6) is 0 Å². The third-order valence-corrected chi connectivity index (χ3v) is 2.95. The van der Waals surface area contributed by atoms with Crippen molar-refractivity contribution < 1.29 is 19.4 Å². The van der Waals surface area contributed by atoms with Gasteiger partial charge in [-0.3, -0.25) is 9.59 Å². The van der Waals surface area contributed by atoms with Crippen LogP contribution < -0.4 is 10.9 Å². The zero-order chi connectivity index (χ0) is 14.4. The highest BCUT2D eigenvalue weighted by Crippen LogP contribution is 2.12. The molecule has 2 rings (SSSR count). The van der Waals surface area contributed by atoms with Gasteiger partial charge in [-0.2, -0.15) is 0 Å². The maximum atomic E-state index is 12.0. The smallest absolute Gasteiger partial charge is 0.271 e. The number of aliphatic hydroxyl groups is 1. The molecule has 1 aliphatic rings. The molecule has 0 unspecified atom stereocenters. The Morgan fingerprint density at radius 3 is 3.20 bits per heavy atom. The van der Waals surface area contributed by atoms with E-state index in [0.29, 0.717) is 19.6 Å². The van der Waals surface area contributed by atoms with Gasteiger partial charge in [0.15, 0.2) is 0 Å². The Morgan fingerprint density at radius 2 is 2.50 bits per heavy atom. The fourth-order valence-corrected chi connectivity index (χ4v) is 1.95. The highest BCUT2D eigenvalue weighted by Gasteiger charge is 2.28. The van der Waals surface area contributed by atoms with Gasteiger partial charge < -0.3 is 24.9 Å². The Balaban J connectivity index is 1.97. The van der Waals surface area contributed by atoms with Gasteiger partial charge in [0.05, 0.1) is 32.1 Å². The van der Waals surface area contributed by atoms with Crippen LogP contribution in [0.15, 0.2) is 17.2 Å². The maximum Gasteiger partial charge on any atom is 0.271 e. The summed E-state index contributed by atoms with van der Waals surface area (Å²) >= 11 is 0.